The van der Waals surface area contributed by atoms with Crippen molar-refractivity contribution in [2.24, 2.45) is 52.3 Å². The van der Waals surface area contributed by atoms with Crippen molar-refractivity contribution >= 4 is 6.09 Å². The summed E-state index contributed by atoms with van der Waals surface area (Å²) < 4.78 is 5.41. The van der Waals surface area contributed by atoms with Crippen LogP contribution in [0.1, 0.15) is 105 Å². The van der Waals surface area contributed by atoms with Crippen molar-refractivity contribution in [3.05, 3.63) is 0 Å². The molecule has 0 heterocycles. The zero-order valence-electron chi connectivity index (χ0n) is 22.7. The molecule has 0 aromatic rings. The Bertz CT molecular complexity index is 769. The largest absolute Gasteiger partial charge is 0.450 e. The fraction of sp³-hybridized carbons (Fsp3) is 0.967. The highest BCUT2D eigenvalue weighted by atomic mass is 16.5. The molecule has 5 aliphatic carbocycles. The number of rotatable bonds is 7. The molecule has 11 atom stereocenters. The van der Waals surface area contributed by atoms with Crippen molar-refractivity contribution in [3.63, 3.8) is 0 Å². The first-order chi connectivity index (χ1) is 16.7. The summed E-state index contributed by atoms with van der Waals surface area (Å²) in [5.41, 5.74) is 0.578. The number of aliphatic hydroxyl groups excluding tert-OH is 2. The molecule has 0 radical (unpaired) electrons. The number of amides is 1. The van der Waals surface area contributed by atoms with Crippen LogP contribution in [0.25, 0.3) is 0 Å². The summed E-state index contributed by atoms with van der Waals surface area (Å²) in [5, 5.41) is 25.2. The van der Waals surface area contributed by atoms with E-state index in [-0.39, 0.29) is 23.7 Å². The first-order valence-corrected chi connectivity index (χ1v) is 15.0. The topological polar surface area (TPSA) is 78.8 Å². The van der Waals surface area contributed by atoms with Gasteiger partial charge in [0.2, 0.25) is 0 Å². The Labute approximate surface area is 213 Å². The van der Waals surface area contributed by atoms with Crippen molar-refractivity contribution in [1.82, 2.24) is 5.32 Å². The van der Waals surface area contributed by atoms with Gasteiger partial charge in [-0.15, -0.1) is 0 Å². The fourth-order valence-electron chi connectivity index (χ4n) is 10.1. The first kappa shape index (κ1) is 25.8. The molecule has 0 aromatic heterocycles. The Morgan fingerprint density at radius 3 is 2.43 bits per heavy atom. The van der Waals surface area contributed by atoms with Crippen LogP contribution in [0.15, 0.2) is 0 Å². The van der Waals surface area contributed by atoms with Crippen LogP contribution in [0.3, 0.4) is 0 Å². The molecule has 5 rings (SSSR count). The number of nitrogens with one attached hydrogen (secondary N) is 1. The molecule has 0 aliphatic heterocycles. The van der Waals surface area contributed by atoms with Crippen molar-refractivity contribution in [1.29, 1.82) is 0 Å². The molecule has 1 amide bonds. The third-order valence-corrected chi connectivity index (χ3v) is 12.1. The van der Waals surface area contributed by atoms with E-state index in [1.54, 1.807) is 0 Å². The Balaban J connectivity index is 1.24. The van der Waals surface area contributed by atoms with Gasteiger partial charge in [-0.05, 0) is 123 Å². The third kappa shape index (κ3) is 4.56. The van der Waals surface area contributed by atoms with Gasteiger partial charge in [0, 0.05) is 6.04 Å². The minimum Gasteiger partial charge on any atom is -0.450 e. The number of carbonyl (C=O) groups is 1. The lowest BCUT2D eigenvalue weighted by molar-refractivity contribution is -0.203. The van der Waals surface area contributed by atoms with E-state index in [2.05, 4.69) is 33.0 Å². The number of hydrogen-bond acceptors (Lipinski definition) is 4. The fourth-order valence-corrected chi connectivity index (χ4v) is 10.1. The monoisotopic (exact) mass is 489 g/mol. The van der Waals surface area contributed by atoms with E-state index < -0.39 is 0 Å². The van der Waals surface area contributed by atoms with Crippen LogP contribution in [-0.4, -0.2) is 41.2 Å². The van der Waals surface area contributed by atoms with E-state index in [9.17, 15) is 15.0 Å². The number of carbonyl (C=O) groups excluding carboxylic acids is 1. The lowest BCUT2D eigenvalue weighted by Gasteiger charge is -2.64. The molecule has 5 saturated carbocycles. The first-order valence-electron chi connectivity index (χ1n) is 15.0. The standard InChI is InChI=1S/C30H51NO4/c1-5-21-25-17-20(32)12-14-30(25,4)24-13-15-29(3)22(10-11-23(29)26(24)27(21)33)18(2)7-6-16-35-28(34)31-19-8-9-19/h18-27,32-33H,5-17H2,1-4H3,(H,31,34)/t18-,20-,21-,22-,23+,24+,25+,26+,27-,29-,30-/m1/s1. The number of hydrogen-bond donors (Lipinski definition) is 3. The second kappa shape index (κ2) is 9.82. The summed E-state index contributed by atoms with van der Waals surface area (Å²) in [6, 6.07) is 0.352. The predicted octanol–water partition coefficient (Wildman–Crippen LogP) is 5.92. The van der Waals surface area contributed by atoms with Gasteiger partial charge in [-0.25, -0.2) is 4.79 Å². The van der Waals surface area contributed by atoms with Gasteiger partial charge < -0.3 is 20.3 Å². The van der Waals surface area contributed by atoms with Crippen LogP contribution in [0, 0.1) is 52.3 Å². The van der Waals surface area contributed by atoms with Gasteiger partial charge in [0.25, 0.3) is 0 Å². The Morgan fingerprint density at radius 1 is 1.00 bits per heavy atom. The molecular formula is C30H51NO4. The molecule has 200 valence electrons. The molecule has 35 heavy (non-hydrogen) atoms. The van der Waals surface area contributed by atoms with Gasteiger partial charge >= 0.3 is 6.09 Å². The molecule has 0 saturated heterocycles. The molecule has 5 aliphatic rings. The van der Waals surface area contributed by atoms with Crippen molar-refractivity contribution < 1.29 is 19.7 Å². The predicted molar refractivity (Wildman–Crippen MR) is 138 cm³/mol. The normalized spacial score (nSPS) is 47.8. The third-order valence-electron chi connectivity index (χ3n) is 12.1. The van der Waals surface area contributed by atoms with Crippen molar-refractivity contribution in [3.8, 4) is 0 Å². The van der Waals surface area contributed by atoms with Crippen LogP contribution in [0.4, 0.5) is 4.79 Å². The van der Waals surface area contributed by atoms with E-state index in [0.717, 1.165) is 51.4 Å². The number of fused-ring (bicyclic) bond motifs is 5. The van der Waals surface area contributed by atoms with E-state index in [1.165, 1.54) is 25.7 Å². The summed E-state index contributed by atoms with van der Waals surface area (Å²) in [6.45, 7) is 10.3. The summed E-state index contributed by atoms with van der Waals surface area (Å²) >= 11 is 0. The summed E-state index contributed by atoms with van der Waals surface area (Å²) in [5.74, 6) is 3.74. The quantitative estimate of drug-likeness (QED) is 0.388. The highest BCUT2D eigenvalue weighted by Gasteiger charge is 2.64. The van der Waals surface area contributed by atoms with Gasteiger partial charge in [-0.1, -0.05) is 34.1 Å². The highest BCUT2D eigenvalue weighted by molar-refractivity contribution is 5.67. The van der Waals surface area contributed by atoms with Crippen LogP contribution in [-0.2, 0) is 4.74 Å². The molecule has 0 bridgehead atoms. The second-order valence-electron chi connectivity index (χ2n) is 13.8. The van der Waals surface area contributed by atoms with Crippen LogP contribution < -0.4 is 5.32 Å². The summed E-state index contributed by atoms with van der Waals surface area (Å²) in [6.07, 6.45) is 12.6. The lowest BCUT2D eigenvalue weighted by atomic mass is 9.41. The van der Waals surface area contributed by atoms with E-state index >= 15 is 0 Å². The number of alkyl carbamates (subject to hydrolysis) is 1. The van der Waals surface area contributed by atoms with E-state index in [1.807, 2.05) is 0 Å². The van der Waals surface area contributed by atoms with Crippen LogP contribution in [0.2, 0.25) is 0 Å². The molecule has 5 fully saturated rings. The van der Waals surface area contributed by atoms with Crippen LogP contribution in [0.5, 0.6) is 0 Å². The lowest BCUT2D eigenvalue weighted by Crippen LogP contribution is -2.62. The molecular weight excluding hydrogens is 438 g/mol. The van der Waals surface area contributed by atoms with E-state index in [0.29, 0.717) is 59.5 Å². The molecule has 5 nitrogen and oxygen atoms in total. The summed E-state index contributed by atoms with van der Waals surface area (Å²) in [7, 11) is 0. The minimum atomic E-state index is -0.245. The zero-order chi connectivity index (χ0) is 25.0. The molecule has 0 unspecified atom stereocenters. The van der Waals surface area contributed by atoms with E-state index in [4.69, 9.17) is 4.74 Å². The molecule has 0 spiro atoms. The SMILES string of the molecule is CC[C@H]1[C@@H](O)[C@@H]2[C@H](CC[C@]3(C)[C@@H]([C@H](C)CCCOC(=O)NC4CC4)CC[C@@H]23)[C@@]2(C)CC[C@@H](O)C[C@@H]12. The number of ether oxygens (including phenoxy) is 1. The average Bonchev–Trinajstić information content (AvgIpc) is 3.56. The number of aliphatic hydroxyl groups is 2. The van der Waals surface area contributed by atoms with Gasteiger partial charge in [-0.3, -0.25) is 0 Å². The van der Waals surface area contributed by atoms with Gasteiger partial charge in [0.05, 0.1) is 18.8 Å². The van der Waals surface area contributed by atoms with Gasteiger partial charge in [-0.2, -0.15) is 0 Å². The van der Waals surface area contributed by atoms with Gasteiger partial charge in [0.1, 0.15) is 0 Å². The maximum Gasteiger partial charge on any atom is 0.407 e. The Kier molecular flexibility index (Phi) is 7.24. The maximum absolute atomic E-state index is 11.8. The Morgan fingerprint density at radius 2 is 1.71 bits per heavy atom. The average molecular weight is 490 g/mol. The minimum absolute atomic E-state index is 0.180. The summed E-state index contributed by atoms with van der Waals surface area (Å²) in [4.78, 5) is 11.8. The highest BCUT2D eigenvalue weighted by Crippen LogP contribution is 2.69. The maximum atomic E-state index is 11.8. The smallest absolute Gasteiger partial charge is 0.407 e. The molecule has 0 aromatic carbocycles. The molecule has 3 N–H and O–H groups in total. The van der Waals surface area contributed by atoms with Gasteiger partial charge in [0.15, 0.2) is 0 Å². The van der Waals surface area contributed by atoms with Crippen molar-refractivity contribution in [2.45, 2.75) is 123 Å². The zero-order valence-corrected chi connectivity index (χ0v) is 22.7. The van der Waals surface area contributed by atoms with Crippen LogP contribution >= 0.6 is 0 Å². The van der Waals surface area contributed by atoms with Crippen molar-refractivity contribution in [2.75, 3.05) is 6.61 Å². The molecule has 5 heteroatoms. The Hall–Kier alpha value is -0.810. The second-order valence-corrected chi connectivity index (χ2v) is 13.8.